The number of anilines is 2. The monoisotopic (exact) mass is 516 g/mol. The van der Waals surface area contributed by atoms with Crippen LogP contribution in [0.4, 0.5) is 24.7 Å². The van der Waals surface area contributed by atoms with Crippen molar-refractivity contribution in [3.05, 3.63) is 58.5 Å². The van der Waals surface area contributed by atoms with E-state index in [1.165, 1.54) is 24.1 Å². The van der Waals surface area contributed by atoms with Gasteiger partial charge in [-0.05, 0) is 52.3 Å². The fourth-order valence-electron chi connectivity index (χ4n) is 4.94. The highest BCUT2D eigenvalue weighted by atomic mass is 19.3. The number of methoxy groups -OCH3 is 1. The number of carbonyl (C=O) groups excluding carboxylic acids is 1. The van der Waals surface area contributed by atoms with Gasteiger partial charge in [0.15, 0.2) is 11.4 Å². The molecule has 0 radical (unpaired) electrons. The molecule has 2 atom stereocenters. The van der Waals surface area contributed by atoms with Gasteiger partial charge in [0.1, 0.15) is 11.4 Å². The second-order valence-corrected chi connectivity index (χ2v) is 10.0. The van der Waals surface area contributed by atoms with E-state index in [0.717, 1.165) is 30.9 Å². The molecule has 2 aromatic carbocycles. The van der Waals surface area contributed by atoms with Gasteiger partial charge in [-0.3, -0.25) is 4.79 Å². The number of fused-ring (bicyclic) bond motifs is 2. The Morgan fingerprint density at radius 3 is 2.49 bits per heavy atom. The quantitative estimate of drug-likeness (QED) is 0.441. The molecule has 1 aliphatic heterocycles. The van der Waals surface area contributed by atoms with Crippen molar-refractivity contribution in [3.8, 4) is 0 Å². The predicted molar refractivity (Wildman–Crippen MR) is 135 cm³/mol. The van der Waals surface area contributed by atoms with Crippen LogP contribution in [0.25, 0.3) is 10.8 Å². The number of rotatable bonds is 7. The Balaban J connectivity index is 1.80. The predicted octanol–water partition coefficient (Wildman–Crippen LogP) is 5.34. The van der Waals surface area contributed by atoms with Gasteiger partial charge in [-0.1, -0.05) is 19.1 Å². The van der Waals surface area contributed by atoms with E-state index in [4.69, 9.17) is 4.74 Å². The van der Waals surface area contributed by atoms with Gasteiger partial charge in [-0.25, -0.2) is 4.39 Å². The lowest BCUT2D eigenvalue weighted by Crippen LogP contribution is -2.41. The molecule has 0 saturated carbocycles. The minimum absolute atomic E-state index is 0.0187. The molecule has 1 aliphatic rings. The number of nitrogens with one attached hydrogen (secondary N) is 1. The first-order valence-electron chi connectivity index (χ1n) is 12.0. The Morgan fingerprint density at radius 2 is 1.89 bits per heavy atom. The van der Waals surface area contributed by atoms with Crippen LogP contribution in [0.1, 0.15) is 62.5 Å². The van der Waals surface area contributed by atoms with Crippen LogP contribution in [0.5, 0.6) is 0 Å². The molecule has 1 unspecified atom stereocenters. The molecule has 1 amide bonds. The highest BCUT2D eigenvalue weighted by molar-refractivity contribution is 6.10. The molecule has 2 N–H and O–H groups in total. The number of nitrogens with zero attached hydrogens (tertiary/aromatic N) is 3. The van der Waals surface area contributed by atoms with E-state index in [-0.39, 0.29) is 11.5 Å². The number of alkyl halides is 2. The van der Waals surface area contributed by atoms with Gasteiger partial charge in [0, 0.05) is 36.1 Å². The second-order valence-electron chi connectivity index (χ2n) is 10.0. The number of aryl methyl sites for hydroxylation is 1. The van der Waals surface area contributed by atoms with Crippen LogP contribution < -0.4 is 10.2 Å². The normalized spacial score (nSPS) is 18.9. The summed E-state index contributed by atoms with van der Waals surface area (Å²) in [4.78, 5) is 14.6. The number of benzene rings is 2. The highest BCUT2D eigenvalue weighted by Gasteiger charge is 2.50. The van der Waals surface area contributed by atoms with E-state index in [1.807, 2.05) is 19.1 Å². The van der Waals surface area contributed by atoms with Crippen molar-refractivity contribution >= 4 is 28.2 Å². The van der Waals surface area contributed by atoms with Gasteiger partial charge in [-0.2, -0.15) is 13.9 Å². The molecule has 2 heterocycles. The third kappa shape index (κ3) is 3.93. The van der Waals surface area contributed by atoms with Crippen molar-refractivity contribution in [1.29, 1.82) is 0 Å². The second kappa shape index (κ2) is 8.95. The van der Waals surface area contributed by atoms with Crippen LogP contribution in [0.3, 0.4) is 0 Å². The summed E-state index contributed by atoms with van der Waals surface area (Å²) in [5.74, 6) is -4.80. The van der Waals surface area contributed by atoms with Gasteiger partial charge >= 0.3 is 5.92 Å². The number of hydrogen-bond donors (Lipinski definition) is 2. The molecule has 4 rings (SSSR count). The Kier molecular flexibility index (Phi) is 6.49. The fourth-order valence-corrected chi connectivity index (χ4v) is 4.94. The average molecular weight is 517 g/mol. The van der Waals surface area contributed by atoms with Gasteiger partial charge in [0.2, 0.25) is 0 Å². The van der Waals surface area contributed by atoms with Crippen molar-refractivity contribution in [2.75, 3.05) is 24.4 Å². The summed E-state index contributed by atoms with van der Waals surface area (Å²) in [6.45, 7) is 7.16. The standard InChI is InChI=1S/C27H31F3N4O3/c1-8-26(37-7)20-12-17-15(3)32-33-23(18(17)13-21(20)34(6)24(26)35)31-14(2)16-10-9-11-19(22(16)28)27(29,30)25(4,5)36/h9-14,36H,8H2,1-7H3,(H,31,33)/t14-,26?/m1/s1. The number of aliphatic hydroxyl groups is 1. The molecule has 0 spiro atoms. The summed E-state index contributed by atoms with van der Waals surface area (Å²) in [5, 5.41) is 22.9. The van der Waals surface area contributed by atoms with Gasteiger partial charge in [0.25, 0.3) is 5.91 Å². The van der Waals surface area contributed by atoms with E-state index < -0.39 is 34.5 Å². The van der Waals surface area contributed by atoms with E-state index in [0.29, 0.717) is 29.0 Å². The molecule has 0 fully saturated rings. The topological polar surface area (TPSA) is 87.6 Å². The minimum atomic E-state index is -3.81. The van der Waals surface area contributed by atoms with Crippen LogP contribution >= 0.6 is 0 Å². The number of halogens is 3. The SMILES string of the molecule is CCC1(OC)C(=O)N(C)c2cc3c(N[C@H](C)c4cccc(C(F)(F)C(C)(C)O)c4F)nnc(C)c3cc21. The first-order chi connectivity index (χ1) is 17.2. The summed E-state index contributed by atoms with van der Waals surface area (Å²) >= 11 is 0. The van der Waals surface area contributed by atoms with Crippen LogP contribution in [0.2, 0.25) is 0 Å². The van der Waals surface area contributed by atoms with E-state index >= 15 is 4.39 Å². The molecular weight excluding hydrogens is 485 g/mol. The summed E-state index contributed by atoms with van der Waals surface area (Å²) in [5.41, 5.74) is -2.47. The molecule has 0 bridgehead atoms. The highest BCUT2D eigenvalue weighted by Crippen LogP contribution is 2.47. The molecule has 1 aromatic heterocycles. The van der Waals surface area contributed by atoms with Gasteiger partial charge in [-0.15, -0.1) is 5.10 Å². The van der Waals surface area contributed by atoms with E-state index in [1.54, 1.807) is 20.9 Å². The zero-order valence-electron chi connectivity index (χ0n) is 21.9. The molecule has 10 heteroatoms. The third-order valence-corrected chi connectivity index (χ3v) is 7.33. The average Bonchev–Trinajstić information content (AvgIpc) is 3.05. The lowest BCUT2D eigenvalue weighted by atomic mass is 9.90. The molecule has 0 aliphatic carbocycles. The molecule has 198 valence electrons. The number of likely N-dealkylation sites (N-methyl/N-ethyl adjacent to an activating group) is 1. The van der Waals surface area contributed by atoms with Crippen molar-refractivity contribution in [3.63, 3.8) is 0 Å². The largest absolute Gasteiger partial charge is 0.384 e. The first-order valence-corrected chi connectivity index (χ1v) is 12.0. The van der Waals surface area contributed by atoms with Crippen molar-refractivity contribution in [2.45, 2.75) is 64.2 Å². The molecule has 3 aromatic rings. The summed E-state index contributed by atoms with van der Waals surface area (Å²) < 4.78 is 50.6. The maximum atomic E-state index is 15.3. The molecule has 37 heavy (non-hydrogen) atoms. The Labute approximate surface area is 213 Å². The number of aromatic nitrogens is 2. The Morgan fingerprint density at radius 1 is 1.22 bits per heavy atom. The first kappa shape index (κ1) is 26.8. The smallest absolute Gasteiger partial charge is 0.303 e. The summed E-state index contributed by atoms with van der Waals surface area (Å²) in [6, 6.07) is 6.59. The van der Waals surface area contributed by atoms with Crippen LogP contribution in [0, 0.1) is 12.7 Å². The third-order valence-electron chi connectivity index (χ3n) is 7.33. The molecule has 0 saturated heterocycles. The number of amides is 1. The van der Waals surface area contributed by atoms with Crippen molar-refractivity contribution in [1.82, 2.24) is 10.2 Å². The molecular formula is C27H31F3N4O3. The zero-order chi connectivity index (χ0) is 27.5. The lowest BCUT2D eigenvalue weighted by Gasteiger charge is -2.30. The van der Waals surface area contributed by atoms with E-state index in [9.17, 15) is 18.7 Å². The number of ether oxygens (including phenoxy) is 1. The maximum Gasteiger partial charge on any atom is 0.303 e. The number of hydrogen-bond acceptors (Lipinski definition) is 6. The summed E-state index contributed by atoms with van der Waals surface area (Å²) in [6.07, 6.45) is 0.440. The minimum Gasteiger partial charge on any atom is -0.384 e. The van der Waals surface area contributed by atoms with Crippen molar-refractivity contribution in [2.24, 2.45) is 0 Å². The van der Waals surface area contributed by atoms with Crippen molar-refractivity contribution < 1.29 is 27.8 Å². The molecule has 7 nitrogen and oxygen atoms in total. The maximum absolute atomic E-state index is 15.3. The fraction of sp³-hybridized carbons (Fsp3) is 0.444. The Hall–Kier alpha value is -3.24. The van der Waals surface area contributed by atoms with Crippen LogP contribution in [-0.2, 0) is 21.1 Å². The zero-order valence-corrected chi connectivity index (χ0v) is 21.9. The Bertz CT molecular complexity index is 1380. The van der Waals surface area contributed by atoms with E-state index in [2.05, 4.69) is 15.5 Å². The van der Waals surface area contributed by atoms with Crippen LogP contribution in [-0.4, -0.2) is 41.0 Å². The van der Waals surface area contributed by atoms with Gasteiger partial charge in [0.05, 0.1) is 23.0 Å². The van der Waals surface area contributed by atoms with Gasteiger partial charge < -0.3 is 20.1 Å². The summed E-state index contributed by atoms with van der Waals surface area (Å²) in [7, 11) is 3.18. The lowest BCUT2D eigenvalue weighted by molar-refractivity contribution is -0.170. The number of carbonyl (C=O) groups is 1. The van der Waals surface area contributed by atoms with Crippen LogP contribution in [0.15, 0.2) is 30.3 Å².